The molecule has 0 fully saturated rings. The number of rotatable bonds is 5. The normalized spacial score (nSPS) is 15.2. The van der Waals surface area contributed by atoms with Crippen LogP contribution < -0.4 is 10.1 Å². The molecule has 1 unspecified atom stereocenters. The maximum atomic E-state index is 9.02. The topological polar surface area (TPSA) is 45.0 Å². The molecule has 1 atom stereocenters. The molecule has 0 heterocycles. The van der Waals surface area contributed by atoms with E-state index in [1.807, 2.05) is 19.9 Å². The summed E-state index contributed by atoms with van der Waals surface area (Å²) in [5, 5.41) is 12.2. The lowest BCUT2D eigenvalue weighted by Crippen LogP contribution is -2.37. The van der Waals surface area contributed by atoms with Gasteiger partial charge in [0, 0.05) is 6.04 Å². The van der Waals surface area contributed by atoms with Crippen molar-refractivity contribution in [1.82, 2.24) is 5.32 Å². The number of hydrogen-bond acceptors (Lipinski definition) is 3. The molecule has 3 heteroatoms. The van der Waals surface area contributed by atoms with Crippen molar-refractivity contribution in [2.24, 2.45) is 0 Å². The number of aryl methyl sites for hydroxylation is 2. The smallest absolute Gasteiger partial charge is 0.130 e. The molecule has 18 heavy (non-hydrogen) atoms. The van der Waals surface area contributed by atoms with Crippen LogP contribution in [0.4, 0.5) is 0 Å². The van der Waals surface area contributed by atoms with Gasteiger partial charge in [0.2, 0.25) is 0 Å². The van der Waals surface area contributed by atoms with Crippen molar-refractivity contribution in [2.45, 2.75) is 45.2 Å². The van der Waals surface area contributed by atoms with Crippen LogP contribution in [-0.4, -0.2) is 18.7 Å². The SMILES string of the molecule is CC(C)NC(C#N)COc1ccc2c(c1)CCC2. The van der Waals surface area contributed by atoms with E-state index in [0.717, 1.165) is 12.2 Å². The molecule has 1 aliphatic rings. The Morgan fingerprint density at radius 1 is 1.33 bits per heavy atom. The molecule has 0 saturated carbocycles. The number of hydrogen-bond donors (Lipinski definition) is 1. The van der Waals surface area contributed by atoms with Gasteiger partial charge in [0.15, 0.2) is 0 Å². The zero-order chi connectivity index (χ0) is 13.0. The summed E-state index contributed by atoms with van der Waals surface area (Å²) in [6.07, 6.45) is 3.58. The molecule has 0 amide bonds. The van der Waals surface area contributed by atoms with Crippen LogP contribution in [0, 0.1) is 11.3 Å². The van der Waals surface area contributed by atoms with Gasteiger partial charge in [-0.3, -0.25) is 5.32 Å². The molecule has 0 spiro atoms. The molecule has 0 saturated heterocycles. The number of benzene rings is 1. The number of nitrogens with zero attached hydrogens (tertiary/aromatic N) is 1. The van der Waals surface area contributed by atoms with Gasteiger partial charge in [0.25, 0.3) is 0 Å². The van der Waals surface area contributed by atoms with Gasteiger partial charge in [-0.05, 0) is 56.4 Å². The Hall–Kier alpha value is -1.53. The molecule has 1 aliphatic carbocycles. The van der Waals surface area contributed by atoms with Gasteiger partial charge >= 0.3 is 0 Å². The highest BCUT2D eigenvalue weighted by atomic mass is 16.5. The molecular formula is C15H20N2O. The largest absolute Gasteiger partial charge is 0.491 e. The standard InChI is InChI=1S/C15H20N2O/c1-11(2)17-14(9-16)10-18-15-7-6-12-4-3-5-13(12)8-15/h6-8,11,14,17H,3-5,10H2,1-2H3. The molecule has 1 aromatic carbocycles. The van der Waals surface area contributed by atoms with E-state index in [2.05, 4.69) is 23.5 Å². The van der Waals surface area contributed by atoms with Crippen LogP contribution in [-0.2, 0) is 12.8 Å². The van der Waals surface area contributed by atoms with Gasteiger partial charge in [-0.25, -0.2) is 0 Å². The van der Waals surface area contributed by atoms with E-state index in [9.17, 15) is 0 Å². The minimum absolute atomic E-state index is 0.252. The van der Waals surface area contributed by atoms with Crippen LogP contribution in [0.2, 0.25) is 0 Å². The monoisotopic (exact) mass is 244 g/mol. The van der Waals surface area contributed by atoms with E-state index in [4.69, 9.17) is 10.00 Å². The Morgan fingerprint density at radius 2 is 2.11 bits per heavy atom. The molecule has 96 valence electrons. The summed E-state index contributed by atoms with van der Waals surface area (Å²) >= 11 is 0. The summed E-state index contributed by atoms with van der Waals surface area (Å²) in [6.45, 7) is 4.45. The fourth-order valence-electron chi connectivity index (χ4n) is 2.34. The molecule has 0 bridgehead atoms. The van der Waals surface area contributed by atoms with Crippen molar-refractivity contribution < 1.29 is 4.74 Å². The molecule has 1 aromatic rings. The lowest BCUT2D eigenvalue weighted by molar-refractivity contribution is 0.282. The third kappa shape index (κ3) is 3.24. The summed E-state index contributed by atoms with van der Waals surface area (Å²) in [6, 6.07) is 8.53. The third-order valence-electron chi connectivity index (χ3n) is 3.18. The zero-order valence-electron chi connectivity index (χ0n) is 11.1. The Bertz CT molecular complexity index is 448. The van der Waals surface area contributed by atoms with Gasteiger partial charge in [-0.15, -0.1) is 0 Å². The van der Waals surface area contributed by atoms with Crippen LogP contribution in [0.3, 0.4) is 0 Å². The predicted octanol–water partition coefficient (Wildman–Crippen LogP) is 2.44. The summed E-state index contributed by atoms with van der Waals surface area (Å²) in [5.41, 5.74) is 2.84. The summed E-state index contributed by atoms with van der Waals surface area (Å²) in [5.74, 6) is 0.876. The first-order chi connectivity index (χ1) is 8.69. The van der Waals surface area contributed by atoms with E-state index < -0.39 is 0 Å². The van der Waals surface area contributed by atoms with E-state index in [0.29, 0.717) is 12.6 Å². The summed E-state index contributed by atoms with van der Waals surface area (Å²) in [4.78, 5) is 0. The fraction of sp³-hybridized carbons (Fsp3) is 0.533. The van der Waals surface area contributed by atoms with Crippen molar-refractivity contribution in [3.63, 3.8) is 0 Å². The molecular weight excluding hydrogens is 224 g/mol. The minimum atomic E-state index is -0.252. The number of fused-ring (bicyclic) bond motifs is 1. The third-order valence-corrected chi connectivity index (χ3v) is 3.18. The summed E-state index contributed by atoms with van der Waals surface area (Å²) in [7, 11) is 0. The minimum Gasteiger partial charge on any atom is -0.491 e. The van der Waals surface area contributed by atoms with Crippen molar-refractivity contribution >= 4 is 0 Å². The Balaban J connectivity index is 1.92. The van der Waals surface area contributed by atoms with Crippen LogP contribution in [0.25, 0.3) is 0 Å². The average molecular weight is 244 g/mol. The molecule has 3 nitrogen and oxygen atoms in total. The molecule has 0 aliphatic heterocycles. The number of nitrogens with one attached hydrogen (secondary N) is 1. The molecule has 0 aromatic heterocycles. The molecule has 1 N–H and O–H groups in total. The molecule has 0 radical (unpaired) electrons. The van der Waals surface area contributed by atoms with Crippen molar-refractivity contribution in [3.8, 4) is 11.8 Å². The molecule has 2 rings (SSSR count). The predicted molar refractivity (Wildman–Crippen MR) is 71.6 cm³/mol. The van der Waals surface area contributed by atoms with Gasteiger partial charge < -0.3 is 4.74 Å². The van der Waals surface area contributed by atoms with E-state index >= 15 is 0 Å². The second-order valence-corrected chi connectivity index (χ2v) is 5.10. The van der Waals surface area contributed by atoms with Gasteiger partial charge in [-0.1, -0.05) is 6.07 Å². The summed E-state index contributed by atoms with van der Waals surface area (Å²) < 4.78 is 5.70. The first-order valence-corrected chi connectivity index (χ1v) is 6.59. The van der Waals surface area contributed by atoms with Crippen LogP contribution in [0.5, 0.6) is 5.75 Å². The van der Waals surface area contributed by atoms with Gasteiger partial charge in [0.1, 0.15) is 18.4 Å². The van der Waals surface area contributed by atoms with E-state index in [1.165, 1.54) is 24.0 Å². The van der Waals surface area contributed by atoms with Gasteiger partial charge in [-0.2, -0.15) is 5.26 Å². The van der Waals surface area contributed by atoms with E-state index in [1.54, 1.807) is 0 Å². The van der Waals surface area contributed by atoms with Crippen LogP contribution >= 0.6 is 0 Å². The van der Waals surface area contributed by atoms with Crippen LogP contribution in [0.1, 0.15) is 31.4 Å². The van der Waals surface area contributed by atoms with Crippen LogP contribution in [0.15, 0.2) is 18.2 Å². The fourth-order valence-corrected chi connectivity index (χ4v) is 2.34. The Morgan fingerprint density at radius 3 is 2.83 bits per heavy atom. The lowest BCUT2D eigenvalue weighted by Gasteiger charge is -2.15. The first kappa shape index (κ1) is 12.9. The van der Waals surface area contributed by atoms with Crippen molar-refractivity contribution in [3.05, 3.63) is 29.3 Å². The average Bonchev–Trinajstić information content (AvgIpc) is 2.81. The van der Waals surface area contributed by atoms with Crippen molar-refractivity contribution in [1.29, 1.82) is 5.26 Å². The zero-order valence-corrected chi connectivity index (χ0v) is 11.1. The Kier molecular flexibility index (Phi) is 4.22. The number of nitriles is 1. The Labute approximate surface area is 109 Å². The maximum Gasteiger partial charge on any atom is 0.130 e. The highest BCUT2D eigenvalue weighted by Gasteiger charge is 2.13. The van der Waals surface area contributed by atoms with Gasteiger partial charge in [0.05, 0.1) is 6.07 Å². The number of ether oxygens (including phenoxy) is 1. The second kappa shape index (κ2) is 5.88. The maximum absolute atomic E-state index is 9.02. The quantitative estimate of drug-likeness (QED) is 0.865. The lowest BCUT2D eigenvalue weighted by atomic mass is 10.1. The highest BCUT2D eigenvalue weighted by molar-refractivity contribution is 5.38. The first-order valence-electron chi connectivity index (χ1n) is 6.59. The van der Waals surface area contributed by atoms with Crippen molar-refractivity contribution in [2.75, 3.05) is 6.61 Å². The second-order valence-electron chi connectivity index (χ2n) is 5.10. The van der Waals surface area contributed by atoms with E-state index in [-0.39, 0.29) is 6.04 Å². The highest BCUT2D eigenvalue weighted by Crippen LogP contribution is 2.25.